The van der Waals surface area contributed by atoms with Gasteiger partial charge in [0.25, 0.3) is 5.91 Å². The molecule has 1 aliphatic rings. The lowest BCUT2D eigenvalue weighted by molar-refractivity contribution is -0.140. The first-order chi connectivity index (χ1) is 18.4. The quantitative estimate of drug-likeness (QED) is 0.434. The molecule has 11 heteroatoms. The lowest BCUT2D eigenvalue weighted by atomic mass is 10.0. The fraction of sp³-hybridized carbons (Fsp3) is 0.345. The molecule has 0 bridgehead atoms. The minimum atomic E-state index is -4.70. The Morgan fingerprint density at radius 3 is 2.27 bits per heavy atom. The molecule has 2 heterocycles. The summed E-state index contributed by atoms with van der Waals surface area (Å²) in [6.45, 7) is 4.37. The molecule has 0 unspecified atom stereocenters. The van der Waals surface area contributed by atoms with E-state index in [0.29, 0.717) is 16.5 Å². The Hall–Kier alpha value is -4.46. The first-order valence-electron chi connectivity index (χ1n) is 12.3. The van der Waals surface area contributed by atoms with Gasteiger partial charge in [0, 0.05) is 29.4 Å². The number of amides is 3. The van der Waals surface area contributed by atoms with E-state index in [-0.39, 0.29) is 44.6 Å². The second-order valence-electron chi connectivity index (χ2n) is 9.59. The number of hydrogen-bond donors (Lipinski definition) is 0. The van der Waals surface area contributed by atoms with Crippen LogP contribution in [0.25, 0.3) is 10.8 Å². The molecular weight excluding hydrogens is 523 g/mol. The first-order valence-corrected chi connectivity index (χ1v) is 12.3. The van der Waals surface area contributed by atoms with Crippen LogP contribution in [0.15, 0.2) is 54.7 Å². The number of anilines is 1. The third-order valence-corrected chi connectivity index (χ3v) is 6.73. The number of piperazine rings is 1. The molecular formula is C29H30F3N5O3. The number of nitrogens with zero attached hydrogens (tertiary/aromatic N) is 5. The van der Waals surface area contributed by atoms with Gasteiger partial charge in [-0.1, -0.05) is 43.8 Å². The van der Waals surface area contributed by atoms with Crippen molar-refractivity contribution in [1.29, 1.82) is 5.26 Å². The summed E-state index contributed by atoms with van der Waals surface area (Å²) in [5.74, 6) is -1.58. The van der Waals surface area contributed by atoms with Crippen LogP contribution in [-0.2, 0) is 15.8 Å². The number of rotatable bonds is 6. The summed E-state index contributed by atoms with van der Waals surface area (Å²) in [5.41, 5.74) is -0.904. The van der Waals surface area contributed by atoms with Gasteiger partial charge in [-0.25, -0.2) is 4.98 Å². The maximum atomic E-state index is 13.6. The number of carbonyl (C=O) groups is 3. The summed E-state index contributed by atoms with van der Waals surface area (Å²) in [7, 11) is 0. The van der Waals surface area contributed by atoms with Gasteiger partial charge in [-0.05, 0) is 32.9 Å². The van der Waals surface area contributed by atoms with E-state index in [9.17, 15) is 32.8 Å². The zero-order valence-corrected chi connectivity index (χ0v) is 21.6. The fourth-order valence-corrected chi connectivity index (χ4v) is 4.72. The van der Waals surface area contributed by atoms with Gasteiger partial charge in [-0.15, -0.1) is 0 Å². The number of alkyl halides is 3. The van der Waals surface area contributed by atoms with E-state index in [1.165, 1.54) is 33.0 Å². The van der Waals surface area contributed by atoms with Crippen molar-refractivity contribution in [1.82, 2.24) is 14.8 Å². The zero-order chi connectivity index (χ0) is 28.5. The van der Waals surface area contributed by atoms with Crippen LogP contribution in [0.1, 0.15) is 49.8 Å². The molecule has 3 aromatic rings. The van der Waals surface area contributed by atoms with Gasteiger partial charge in [0.15, 0.2) is 0 Å². The molecule has 0 N–H and O–H groups in total. The monoisotopic (exact) mass is 553 g/mol. The highest BCUT2D eigenvalue weighted by molar-refractivity contribution is 6.10. The van der Waals surface area contributed by atoms with E-state index >= 15 is 0 Å². The fourth-order valence-electron chi connectivity index (χ4n) is 4.72. The van der Waals surface area contributed by atoms with E-state index in [2.05, 4.69) is 4.98 Å². The van der Waals surface area contributed by atoms with E-state index in [1.54, 1.807) is 45.0 Å². The number of aromatic nitrogens is 1. The molecule has 1 aromatic heterocycles. The molecule has 0 spiro atoms. The molecule has 1 atom stereocenters. The zero-order valence-electron chi connectivity index (χ0n) is 21.6. The average molecular weight is 554 g/mol. The highest BCUT2D eigenvalue weighted by Gasteiger charge is 2.38. The molecule has 1 fully saturated rings. The molecule has 0 radical (unpaired) electrons. The number of benzene rings is 2. The van der Waals surface area contributed by atoms with Gasteiger partial charge in [0.05, 0.1) is 23.0 Å². The van der Waals surface area contributed by atoms with Crippen molar-refractivity contribution in [2.24, 2.45) is 0 Å². The third-order valence-electron chi connectivity index (χ3n) is 6.73. The van der Waals surface area contributed by atoms with E-state index in [0.717, 1.165) is 12.1 Å². The van der Waals surface area contributed by atoms with Gasteiger partial charge < -0.3 is 9.80 Å². The van der Waals surface area contributed by atoms with Crippen molar-refractivity contribution >= 4 is 34.2 Å². The Bertz CT molecular complexity index is 1480. The second-order valence-corrected chi connectivity index (χ2v) is 9.59. The molecule has 8 nitrogen and oxygen atoms in total. The maximum absolute atomic E-state index is 13.6. The number of fused-ring (bicyclic) bond motifs is 1. The van der Waals surface area contributed by atoms with Gasteiger partial charge >= 0.3 is 6.18 Å². The van der Waals surface area contributed by atoms with Crippen molar-refractivity contribution in [2.45, 2.75) is 46.5 Å². The average Bonchev–Trinajstić information content (AvgIpc) is 2.91. The van der Waals surface area contributed by atoms with E-state index < -0.39 is 35.3 Å². The molecule has 3 amide bonds. The van der Waals surface area contributed by atoms with Crippen LogP contribution in [0.4, 0.5) is 18.9 Å². The minimum absolute atomic E-state index is 0. The van der Waals surface area contributed by atoms with Crippen molar-refractivity contribution in [2.75, 3.05) is 24.5 Å². The highest BCUT2D eigenvalue weighted by Crippen LogP contribution is 2.33. The van der Waals surface area contributed by atoms with Crippen molar-refractivity contribution in [3.8, 4) is 6.07 Å². The summed E-state index contributed by atoms with van der Waals surface area (Å²) in [6, 6.07) is 12.4. The lowest BCUT2D eigenvalue weighted by Gasteiger charge is -2.40. The number of carbonyl (C=O) groups excluding carboxylic acids is 3. The largest absolute Gasteiger partial charge is 0.417 e. The van der Waals surface area contributed by atoms with Crippen LogP contribution in [0, 0.1) is 11.3 Å². The Kier molecular flexibility index (Phi) is 8.83. The van der Waals surface area contributed by atoms with Gasteiger partial charge in [-0.3, -0.25) is 19.3 Å². The number of halogens is 3. The van der Waals surface area contributed by atoms with Gasteiger partial charge in [0.1, 0.15) is 24.9 Å². The molecule has 1 saturated heterocycles. The Morgan fingerprint density at radius 2 is 1.65 bits per heavy atom. The van der Waals surface area contributed by atoms with Crippen LogP contribution in [0.2, 0.25) is 0 Å². The maximum Gasteiger partial charge on any atom is 0.417 e. The van der Waals surface area contributed by atoms with Crippen molar-refractivity contribution < 1.29 is 27.6 Å². The van der Waals surface area contributed by atoms with E-state index in [1.807, 2.05) is 6.07 Å². The van der Waals surface area contributed by atoms with Gasteiger partial charge in [-0.2, -0.15) is 18.4 Å². The van der Waals surface area contributed by atoms with Crippen LogP contribution in [0.5, 0.6) is 0 Å². The van der Waals surface area contributed by atoms with Crippen molar-refractivity contribution in [3.63, 3.8) is 0 Å². The summed E-state index contributed by atoms with van der Waals surface area (Å²) in [4.78, 5) is 47.7. The Labute approximate surface area is 230 Å². The normalized spacial score (nSPS) is 14.7. The topological polar surface area (TPSA) is 97.6 Å². The summed E-state index contributed by atoms with van der Waals surface area (Å²) in [5, 5.41) is 10.5. The summed E-state index contributed by atoms with van der Waals surface area (Å²) in [6.07, 6.45) is -3.31. The second kappa shape index (κ2) is 11.7. The first kappa shape index (κ1) is 30.1. The van der Waals surface area contributed by atoms with Crippen molar-refractivity contribution in [3.05, 3.63) is 71.5 Å². The highest BCUT2D eigenvalue weighted by atomic mass is 19.4. The smallest absolute Gasteiger partial charge is 0.334 e. The van der Waals surface area contributed by atoms with Crippen LogP contribution in [-0.4, -0.2) is 64.2 Å². The minimum Gasteiger partial charge on any atom is -0.334 e. The number of nitriles is 1. The Balaban J connectivity index is 0.00000441. The predicted octanol–water partition coefficient (Wildman–Crippen LogP) is 4.88. The summed E-state index contributed by atoms with van der Waals surface area (Å²) >= 11 is 0. The number of pyridine rings is 1. The summed E-state index contributed by atoms with van der Waals surface area (Å²) < 4.78 is 40.7. The molecule has 2 aromatic carbocycles. The van der Waals surface area contributed by atoms with Crippen LogP contribution in [0.3, 0.4) is 0 Å². The Morgan fingerprint density at radius 1 is 1.02 bits per heavy atom. The SMILES string of the molecule is C.CC(C)N(C[C@@H](C)N1CC(=O)N(c2cnc(C#N)c3ccccc23)CC1=O)C(=O)c1ccccc1C(F)(F)F. The molecule has 0 saturated carbocycles. The molecule has 1 aliphatic heterocycles. The molecule has 4 rings (SSSR count). The van der Waals surface area contributed by atoms with Crippen LogP contribution >= 0.6 is 0 Å². The van der Waals surface area contributed by atoms with Crippen LogP contribution < -0.4 is 4.90 Å². The predicted molar refractivity (Wildman–Crippen MR) is 144 cm³/mol. The third kappa shape index (κ3) is 5.76. The molecule has 0 aliphatic carbocycles. The standard InChI is InChI=1S/C28H26F3N5O3.CH4/c1-17(2)34(27(39)21-10-6-7-11-22(21)28(29,30)31)14-18(3)35-15-26(38)36(16-25(35)37)24-13-33-23(12-32)19-8-4-5-9-20(19)24;/h4-11,13,17-18H,14-16H2,1-3H3;1H4/t18-;/m1./s1. The lowest BCUT2D eigenvalue weighted by Crippen LogP contribution is -2.59. The number of hydrogen-bond acceptors (Lipinski definition) is 5. The molecule has 210 valence electrons. The van der Waals surface area contributed by atoms with Gasteiger partial charge in [0.2, 0.25) is 11.8 Å². The van der Waals surface area contributed by atoms with E-state index in [4.69, 9.17) is 0 Å². The molecule has 40 heavy (non-hydrogen) atoms.